The second kappa shape index (κ2) is 5.54. The van der Waals surface area contributed by atoms with Gasteiger partial charge in [0, 0.05) is 11.3 Å². The largest absolute Gasteiger partial charge is 0.322 e. The predicted molar refractivity (Wildman–Crippen MR) is 90.7 cm³/mol. The fourth-order valence-electron chi connectivity index (χ4n) is 3.09. The summed E-state index contributed by atoms with van der Waals surface area (Å²) >= 11 is 1.56. The van der Waals surface area contributed by atoms with Gasteiger partial charge in [0.25, 0.3) is 5.91 Å². The Labute approximate surface area is 133 Å². The van der Waals surface area contributed by atoms with Crippen molar-refractivity contribution in [3.8, 4) is 0 Å². The van der Waals surface area contributed by atoms with E-state index in [4.69, 9.17) is 0 Å². The highest BCUT2D eigenvalue weighted by Crippen LogP contribution is 2.28. The molecule has 0 unspecified atom stereocenters. The van der Waals surface area contributed by atoms with Crippen LogP contribution in [0.2, 0.25) is 0 Å². The number of carbonyl (C=O) groups is 1. The summed E-state index contributed by atoms with van der Waals surface area (Å²) in [6.07, 6.45) is 4.62. The van der Waals surface area contributed by atoms with Crippen LogP contribution in [0.25, 0.3) is 10.2 Å². The van der Waals surface area contributed by atoms with E-state index in [-0.39, 0.29) is 5.91 Å². The molecule has 1 heterocycles. The van der Waals surface area contributed by atoms with Gasteiger partial charge in [-0.25, -0.2) is 4.98 Å². The second-order valence-corrected chi connectivity index (χ2v) is 6.53. The number of benzene rings is 2. The Morgan fingerprint density at radius 2 is 2.05 bits per heavy atom. The van der Waals surface area contributed by atoms with Gasteiger partial charge in [-0.15, -0.1) is 11.3 Å². The summed E-state index contributed by atoms with van der Waals surface area (Å²) in [5, 5.41) is 3.09. The molecule has 0 spiro atoms. The zero-order valence-corrected chi connectivity index (χ0v) is 13.0. The lowest BCUT2D eigenvalue weighted by atomic mass is 9.90. The second-order valence-electron chi connectivity index (χ2n) is 5.64. The number of thiazole rings is 1. The standard InChI is InChI=1S/C18H16N2OS/c21-18(13-8-9-16-17(10-13)22-11-19-16)20-15-7-3-5-12-4-1-2-6-14(12)15/h3,5,7-11H,1-2,4,6H2,(H,20,21). The maximum absolute atomic E-state index is 12.5. The van der Waals surface area contributed by atoms with E-state index in [1.54, 1.807) is 16.8 Å². The summed E-state index contributed by atoms with van der Waals surface area (Å²) in [7, 11) is 0. The van der Waals surface area contributed by atoms with Gasteiger partial charge >= 0.3 is 0 Å². The van der Waals surface area contributed by atoms with Crippen LogP contribution in [0.1, 0.15) is 34.3 Å². The van der Waals surface area contributed by atoms with E-state index < -0.39 is 0 Å². The number of aryl methyl sites for hydroxylation is 1. The minimum atomic E-state index is -0.0470. The normalized spacial score (nSPS) is 13.8. The molecule has 4 rings (SSSR count). The zero-order chi connectivity index (χ0) is 14.9. The third-order valence-corrected chi connectivity index (χ3v) is 5.03. The highest BCUT2D eigenvalue weighted by molar-refractivity contribution is 7.16. The zero-order valence-electron chi connectivity index (χ0n) is 12.1. The lowest BCUT2D eigenvalue weighted by Crippen LogP contribution is -2.15. The maximum atomic E-state index is 12.5. The Morgan fingerprint density at radius 1 is 1.14 bits per heavy atom. The summed E-state index contributed by atoms with van der Waals surface area (Å²) in [4.78, 5) is 16.8. The number of aromatic nitrogens is 1. The van der Waals surface area contributed by atoms with Gasteiger partial charge in [-0.1, -0.05) is 12.1 Å². The average Bonchev–Trinajstić information content (AvgIpc) is 3.02. The highest BCUT2D eigenvalue weighted by Gasteiger charge is 2.15. The monoisotopic (exact) mass is 308 g/mol. The summed E-state index contributed by atoms with van der Waals surface area (Å²) < 4.78 is 1.04. The summed E-state index contributed by atoms with van der Waals surface area (Å²) in [5.74, 6) is -0.0470. The van der Waals surface area contributed by atoms with E-state index in [9.17, 15) is 4.79 Å². The molecule has 4 heteroatoms. The van der Waals surface area contributed by atoms with E-state index >= 15 is 0 Å². The van der Waals surface area contributed by atoms with E-state index in [0.29, 0.717) is 5.56 Å². The number of carbonyl (C=O) groups excluding carboxylic acids is 1. The molecule has 3 nitrogen and oxygen atoms in total. The fourth-order valence-corrected chi connectivity index (χ4v) is 3.81. The van der Waals surface area contributed by atoms with Crippen LogP contribution in [0.15, 0.2) is 41.9 Å². The molecule has 1 aliphatic carbocycles. The maximum Gasteiger partial charge on any atom is 0.255 e. The molecule has 0 atom stereocenters. The third-order valence-electron chi connectivity index (χ3n) is 4.24. The van der Waals surface area contributed by atoms with Gasteiger partial charge in [0.1, 0.15) is 0 Å². The first kappa shape index (κ1) is 13.5. The number of nitrogens with zero attached hydrogens (tertiary/aromatic N) is 1. The third kappa shape index (κ3) is 2.40. The molecule has 1 aromatic heterocycles. The van der Waals surface area contributed by atoms with Crippen LogP contribution >= 0.6 is 11.3 Å². The number of rotatable bonds is 2. The lowest BCUT2D eigenvalue weighted by molar-refractivity contribution is 0.102. The first-order valence-corrected chi connectivity index (χ1v) is 8.44. The Morgan fingerprint density at radius 3 is 3.00 bits per heavy atom. The van der Waals surface area contributed by atoms with Gasteiger partial charge < -0.3 is 5.32 Å². The summed E-state index contributed by atoms with van der Waals surface area (Å²) in [6.45, 7) is 0. The van der Waals surface area contributed by atoms with Crippen molar-refractivity contribution in [1.29, 1.82) is 0 Å². The predicted octanol–water partition coefficient (Wildman–Crippen LogP) is 4.43. The van der Waals surface area contributed by atoms with E-state index in [1.807, 2.05) is 30.3 Å². The minimum absolute atomic E-state index is 0.0470. The Kier molecular flexibility index (Phi) is 3.39. The quantitative estimate of drug-likeness (QED) is 0.761. The molecule has 1 N–H and O–H groups in total. The van der Waals surface area contributed by atoms with Gasteiger partial charge in [0.2, 0.25) is 0 Å². The molecule has 3 aromatic rings. The SMILES string of the molecule is O=C(Nc1cccc2c1CCCC2)c1ccc2ncsc2c1. The minimum Gasteiger partial charge on any atom is -0.322 e. The molecule has 0 aliphatic heterocycles. The van der Waals surface area contributed by atoms with Gasteiger partial charge in [-0.05, 0) is 61.1 Å². The van der Waals surface area contributed by atoms with Crippen molar-refractivity contribution in [2.24, 2.45) is 0 Å². The Hall–Kier alpha value is -2.20. The van der Waals surface area contributed by atoms with Crippen LogP contribution in [0.3, 0.4) is 0 Å². The number of fused-ring (bicyclic) bond motifs is 2. The van der Waals surface area contributed by atoms with Gasteiger partial charge in [-0.3, -0.25) is 4.79 Å². The number of hydrogen-bond acceptors (Lipinski definition) is 3. The van der Waals surface area contributed by atoms with E-state index in [1.165, 1.54) is 24.0 Å². The van der Waals surface area contributed by atoms with Crippen LogP contribution in [0.5, 0.6) is 0 Å². The van der Waals surface area contributed by atoms with E-state index in [2.05, 4.69) is 16.4 Å². The molecule has 1 amide bonds. The molecule has 110 valence electrons. The van der Waals surface area contributed by atoms with Crippen LogP contribution < -0.4 is 5.32 Å². The van der Waals surface area contributed by atoms with Crippen LogP contribution in [-0.2, 0) is 12.8 Å². The smallest absolute Gasteiger partial charge is 0.255 e. The van der Waals surface area contributed by atoms with Crippen molar-refractivity contribution >= 4 is 33.1 Å². The van der Waals surface area contributed by atoms with Gasteiger partial charge in [-0.2, -0.15) is 0 Å². The molecule has 0 saturated carbocycles. The van der Waals surface area contributed by atoms with Crippen molar-refractivity contribution < 1.29 is 4.79 Å². The van der Waals surface area contributed by atoms with Gasteiger partial charge in [0.05, 0.1) is 15.7 Å². The molecule has 0 saturated heterocycles. The number of amides is 1. The molecule has 2 aromatic carbocycles. The first-order chi connectivity index (χ1) is 10.8. The van der Waals surface area contributed by atoms with Crippen LogP contribution in [0.4, 0.5) is 5.69 Å². The molecule has 22 heavy (non-hydrogen) atoms. The van der Waals surface area contributed by atoms with Crippen LogP contribution in [0, 0.1) is 0 Å². The summed E-state index contributed by atoms with van der Waals surface area (Å²) in [5.41, 5.74) is 7.08. The summed E-state index contributed by atoms with van der Waals surface area (Å²) in [6, 6.07) is 11.9. The van der Waals surface area contributed by atoms with Crippen molar-refractivity contribution in [2.75, 3.05) is 5.32 Å². The van der Waals surface area contributed by atoms with Gasteiger partial charge in [0.15, 0.2) is 0 Å². The van der Waals surface area contributed by atoms with E-state index in [0.717, 1.165) is 28.7 Å². The first-order valence-electron chi connectivity index (χ1n) is 7.56. The molecule has 0 fully saturated rings. The highest BCUT2D eigenvalue weighted by atomic mass is 32.1. The van der Waals surface area contributed by atoms with Crippen molar-refractivity contribution in [1.82, 2.24) is 4.98 Å². The van der Waals surface area contributed by atoms with Crippen molar-refractivity contribution in [3.05, 3.63) is 58.6 Å². The van der Waals surface area contributed by atoms with Crippen LogP contribution in [-0.4, -0.2) is 10.9 Å². The number of anilines is 1. The molecule has 0 bridgehead atoms. The molecule has 0 radical (unpaired) electrons. The Bertz CT molecular complexity index is 853. The number of nitrogens with one attached hydrogen (secondary N) is 1. The van der Waals surface area contributed by atoms with Crippen molar-refractivity contribution in [3.63, 3.8) is 0 Å². The topological polar surface area (TPSA) is 42.0 Å². The molecule has 1 aliphatic rings. The molecular formula is C18H16N2OS. The molecular weight excluding hydrogens is 292 g/mol. The Balaban J connectivity index is 1.64. The lowest BCUT2D eigenvalue weighted by Gasteiger charge is -2.19. The number of hydrogen-bond donors (Lipinski definition) is 1. The fraction of sp³-hybridized carbons (Fsp3) is 0.222. The van der Waals surface area contributed by atoms with Crippen molar-refractivity contribution in [2.45, 2.75) is 25.7 Å². The average molecular weight is 308 g/mol.